The number of aromatic nitrogens is 2. The van der Waals surface area contributed by atoms with Crippen LogP contribution in [0.3, 0.4) is 0 Å². The zero-order valence-corrected chi connectivity index (χ0v) is 16.5. The van der Waals surface area contributed by atoms with Gasteiger partial charge in [-0.1, -0.05) is 5.16 Å². The maximum Gasteiger partial charge on any atom is 0.573 e. The SMILES string of the molecule is Cc1nc(COc2ccc(C(=O)N3CCCc4cc(OC(F)(F)F)ccc43)cc2)no1. The number of rotatable bonds is 5. The Bertz CT molecular complexity index is 1080. The van der Waals surface area contributed by atoms with Crippen LogP contribution in [0.1, 0.15) is 34.1 Å². The molecule has 0 saturated heterocycles. The van der Waals surface area contributed by atoms with E-state index in [0.717, 1.165) is 0 Å². The lowest BCUT2D eigenvalue weighted by Gasteiger charge is -2.30. The molecule has 4 rings (SSSR count). The molecule has 0 atom stereocenters. The summed E-state index contributed by atoms with van der Waals surface area (Å²) in [5.74, 6) is 0.853. The Labute approximate surface area is 175 Å². The molecule has 0 fully saturated rings. The van der Waals surface area contributed by atoms with Crippen molar-refractivity contribution in [3.8, 4) is 11.5 Å². The van der Waals surface area contributed by atoms with Gasteiger partial charge in [-0.25, -0.2) is 0 Å². The van der Waals surface area contributed by atoms with Crippen LogP contribution in [0.5, 0.6) is 11.5 Å². The fraction of sp³-hybridized carbons (Fsp3) is 0.286. The van der Waals surface area contributed by atoms with Gasteiger partial charge >= 0.3 is 6.36 Å². The zero-order chi connectivity index (χ0) is 22.0. The van der Waals surface area contributed by atoms with Crippen molar-refractivity contribution in [2.45, 2.75) is 32.7 Å². The number of halogens is 3. The number of carbonyl (C=O) groups excluding carboxylic acids is 1. The van der Waals surface area contributed by atoms with Gasteiger partial charge in [-0.2, -0.15) is 4.98 Å². The van der Waals surface area contributed by atoms with E-state index in [9.17, 15) is 18.0 Å². The molecule has 0 radical (unpaired) electrons. The molecule has 1 aromatic heterocycles. The zero-order valence-electron chi connectivity index (χ0n) is 16.5. The molecule has 0 spiro atoms. The third-order valence-electron chi connectivity index (χ3n) is 4.69. The molecular weight excluding hydrogens is 415 g/mol. The van der Waals surface area contributed by atoms with Crippen LogP contribution in [0.2, 0.25) is 0 Å². The quantitative estimate of drug-likeness (QED) is 0.592. The van der Waals surface area contributed by atoms with E-state index in [1.807, 2.05) is 0 Å². The molecule has 1 amide bonds. The summed E-state index contributed by atoms with van der Waals surface area (Å²) >= 11 is 0. The first-order valence-corrected chi connectivity index (χ1v) is 9.51. The molecule has 0 N–H and O–H groups in total. The first-order chi connectivity index (χ1) is 14.8. The van der Waals surface area contributed by atoms with E-state index in [1.54, 1.807) is 36.1 Å². The van der Waals surface area contributed by atoms with E-state index in [2.05, 4.69) is 14.9 Å². The summed E-state index contributed by atoms with van der Waals surface area (Å²) in [7, 11) is 0. The number of benzene rings is 2. The molecule has 2 heterocycles. The molecule has 2 aromatic carbocycles. The molecule has 1 aliphatic heterocycles. The van der Waals surface area contributed by atoms with Gasteiger partial charge in [0.05, 0.1) is 0 Å². The lowest BCUT2D eigenvalue weighted by Crippen LogP contribution is -2.35. The van der Waals surface area contributed by atoms with Gasteiger partial charge in [0.15, 0.2) is 6.61 Å². The number of anilines is 1. The minimum absolute atomic E-state index is 0.131. The fourth-order valence-electron chi connectivity index (χ4n) is 3.38. The average molecular weight is 433 g/mol. The van der Waals surface area contributed by atoms with Gasteiger partial charge in [0.1, 0.15) is 11.5 Å². The van der Waals surface area contributed by atoms with Crippen LogP contribution in [-0.4, -0.2) is 29.0 Å². The van der Waals surface area contributed by atoms with Crippen LogP contribution in [0.25, 0.3) is 0 Å². The highest BCUT2D eigenvalue weighted by atomic mass is 19.4. The lowest BCUT2D eigenvalue weighted by molar-refractivity contribution is -0.274. The lowest BCUT2D eigenvalue weighted by atomic mass is 10.0. The summed E-state index contributed by atoms with van der Waals surface area (Å²) in [5.41, 5.74) is 1.65. The normalized spacial score (nSPS) is 13.6. The maximum absolute atomic E-state index is 13.0. The van der Waals surface area contributed by atoms with Crippen LogP contribution in [0.4, 0.5) is 18.9 Å². The van der Waals surface area contributed by atoms with Crippen molar-refractivity contribution in [2.75, 3.05) is 11.4 Å². The Hall–Kier alpha value is -3.56. The first kappa shape index (κ1) is 20.7. The molecule has 1 aliphatic rings. The summed E-state index contributed by atoms with van der Waals surface area (Å²) in [6.07, 6.45) is -3.55. The Balaban J connectivity index is 1.46. The van der Waals surface area contributed by atoms with E-state index in [4.69, 9.17) is 9.26 Å². The number of fused-ring (bicyclic) bond motifs is 1. The second kappa shape index (κ2) is 8.29. The minimum Gasteiger partial charge on any atom is -0.485 e. The predicted molar refractivity (Wildman–Crippen MR) is 103 cm³/mol. The number of amides is 1. The number of ether oxygens (including phenoxy) is 2. The van der Waals surface area contributed by atoms with Crippen molar-refractivity contribution in [1.82, 2.24) is 10.1 Å². The van der Waals surface area contributed by atoms with E-state index in [0.29, 0.717) is 53.7 Å². The molecule has 7 nitrogen and oxygen atoms in total. The van der Waals surface area contributed by atoms with Crippen molar-refractivity contribution in [1.29, 1.82) is 0 Å². The third-order valence-corrected chi connectivity index (χ3v) is 4.69. The Morgan fingerprint density at radius 2 is 1.90 bits per heavy atom. The van der Waals surface area contributed by atoms with Gasteiger partial charge < -0.3 is 18.9 Å². The third kappa shape index (κ3) is 4.96. The molecule has 0 saturated carbocycles. The highest BCUT2D eigenvalue weighted by molar-refractivity contribution is 6.06. The Morgan fingerprint density at radius 3 is 2.58 bits per heavy atom. The van der Waals surface area contributed by atoms with Gasteiger partial charge in [-0.15, -0.1) is 13.2 Å². The van der Waals surface area contributed by atoms with Crippen molar-refractivity contribution < 1.29 is 32.0 Å². The molecule has 31 heavy (non-hydrogen) atoms. The molecule has 162 valence electrons. The average Bonchev–Trinajstić information content (AvgIpc) is 3.15. The Morgan fingerprint density at radius 1 is 1.16 bits per heavy atom. The fourth-order valence-corrected chi connectivity index (χ4v) is 3.38. The summed E-state index contributed by atoms with van der Waals surface area (Å²) in [6.45, 7) is 2.28. The summed E-state index contributed by atoms with van der Waals surface area (Å²) < 4.78 is 51.9. The molecule has 0 aliphatic carbocycles. The van der Waals surface area contributed by atoms with Crippen molar-refractivity contribution in [2.24, 2.45) is 0 Å². The molecule has 10 heteroatoms. The van der Waals surface area contributed by atoms with Crippen molar-refractivity contribution >= 4 is 11.6 Å². The topological polar surface area (TPSA) is 77.7 Å². The van der Waals surface area contributed by atoms with Crippen molar-refractivity contribution in [3.63, 3.8) is 0 Å². The van der Waals surface area contributed by atoms with E-state index in [1.165, 1.54) is 18.2 Å². The van der Waals surface area contributed by atoms with Crippen LogP contribution >= 0.6 is 0 Å². The largest absolute Gasteiger partial charge is 0.573 e. The maximum atomic E-state index is 13.0. The van der Waals surface area contributed by atoms with Crippen LogP contribution in [0, 0.1) is 6.92 Å². The Kier molecular flexibility index (Phi) is 5.53. The van der Waals surface area contributed by atoms with E-state index < -0.39 is 6.36 Å². The number of aryl methyl sites for hydroxylation is 2. The monoisotopic (exact) mass is 433 g/mol. The summed E-state index contributed by atoms with van der Waals surface area (Å²) in [4.78, 5) is 18.6. The molecule has 0 bridgehead atoms. The minimum atomic E-state index is -4.76. The van der Waals surface area contributed by atoms with E-state index >= 15 is 0 Å². The number of alkyl halides is 3. The van der Waals surface area contributed by atoms with Crippen LogP contribution in [-0.2, 0) is 13.0 Å². The molecular formula is C21H18F3N3O4. The first-order valence-electron chi connectivity index (χ1n) is 9.51. The van der Waals surface area contributed by atoms with Gasteiger partial charge in [0, 0.05) is 24.7 Å². The van der Waals surface area contributed by atoms with E-state index in [-0.39, 0.29) is 18.3 Å². The number of hydrogen-bond acceptors (Lipinski definition) is 6. The number of carbonyl (C=O) groups is 1. The smallest absolute Gasteiger partial charge is 0.485 e. The second-order valence-corrected chi connectivity index (χ2v) is 6.94. The van der Waals surface area contributed by atoms with Gasteiger partial charge in [0.2, 0.25) is 11.7 Å². The second-order valence-electron chi connectivity index (χ2n) is 6.94. The van der Waals surface area contributed by atoms with Crippen molar-refractivity contribution in [3.05, 3.63) is 65.3 Å². The summed E-state index contributed by atoms with van der Waals surface area (Å²) in [5, 5.41) is 3.74. The predicted octanol–water partition coefficient (Wildman–Crippen LogP) is 4.45. The standard InChI is InChI=1S/C21H18F3N3O4/c1-13-25-19(26-31-13)12-29-16-6-4-14(5-7-16)20(28)27-10-2-3-15-11-17(8-9-18(15)27)30-21(22,23)24/h4-9,11H,2-3,10,12H2,1H3. The number of nitrogens with zero attached hydrogens (tertiary/aromatic N) is 3. The highest BCUT2D eigenvalue weighted by Crippen LogP contribution is 2.33. The number of hydrogen-bond donors (Lipinski definition) is 0. The van der Waals surface area contributed by atoms with Crippen LogP contribution < -0.4 is 14.4 Å². The van der Waals surface area contributed by atoms with Crippen LogP contribution in [0.15, 0.2) is 47.0 Å². The van der Waals surface area contributed by atoms with Gasteiger partial charge in [0.25, 0.3) is 5.91 Å². The molecule has 0 unspecified atom stereocenters. The van der Waals surface area contributed by atoms with Gasteiger partial charge in [-0.3, -0.25) is 4.79 Å². The molecule has 3 aromatic rings. The summed E-state index contributed by atoms with van der Waals surface area (Å²) in [6, 6.07) is 10.6. The highest BCUT2D eigenvalue weighted by Gasteiger charge is 2.32. The van der Waals surface area contributed by atoms with Gasteiger partial charge in [-0.05, 0) is 60.9 Å².